The number of carbonyl (C=O) groups is 2. The van der Waals surface area contributed by atoms with Crippen molar-refractivity contribution < 1.29 is 18.8 Å². The number of ketones is 1. The molecule has 4 rings (SSSR count). The molecule has 7 nitrogen and oxygen atoms in total. The van der Waals surface area contributed by atoms with Gasteiger partial charge in [0.25, 0.3) is 0 Å². The summed E-state index contributed by atoms with van der Waals surface area (Å²) in [7, 11) is 0. The minimum absolute atomic E-state index is 0.229. The lowest BCUT2D eigenvalue weighted by molar-refractivity contribution is 0.0471. The van der Waals surface area contributed by atoms with Crippen molar-refractivity contribution in [2.75, 3.05) is 6.61 Å². The predicted octanol–water partition coefficient (Wildman–Crippen LogP) is 5.18. The molecule has 0 saturated carbocycles. The van der Waals surface area contributed by atoms with Crippen LogP contribution in [0.5, 0.6) is 0 Å². The van der Waals surface area contributed by atoms with Crippen molar-refractivity contribution >= 4 is 23.5 Å². The largest absolute Gasteiger partial charge is 0.454 e. The molecule has 0 amide bonds. The first-order valence-corrected chi connectivity index (χ1v) is 11.8. The number of ether oxygens (including phenoxy) is 1. The molecule has 0 saturated heterocycles. The standard InChI is InChI=1S/C26H25N3O4S/c1-17-13-22(18(2)29(17)14-20-9-5-4-6-10-20)23(30)15-32-26(31)21-11-7-8-12-24(21)34-16-25-27-19(3)28-33-25/h4-13H,14-16H2,1-3H3. The average Bonchev–Trinajstić information content (AvgIpc) is 3.39. The monoisotopic (exact) mass is 475 g/mol. The molecule has 0 aliphatic rings. The van der Waals surface area contributed by atoms with Gasteiger partial charge in [-0.3, -0.25) is 4.79 Å². The Kier molecular flexibility index (Phi) is 7.27. The summed E-state index contributed by atoms with van der Waals surface area (Å²) < 4.78 is 12.6. The normalized spacial score (nSPS) is 10.9. The first-order valence-electron chi connectivity index (χ1n) is 10.8. The van der Waals surface area contributed by atoms with Crippen LogP contribution < -0.4 is 0 Å². The molecule has 0 aliphatic heterocycles. The van der Waals surface area contributed by atoms with E-state index in [0.29, 0.717) is 35.1 Å². The molecule has 0 N–H and O–H groups in total. The quantitative estimate of drug-likeness (QED) is 0.187. The minimum atomic E-state index is -0.545. The van der Waals surface area contributed by atoms with Gasteiger partial charge in [-0.15, -0.1) is 11.8 Å². The molecule has 2 heterocycles. The van der Waals surface area contributed by atoms with Crippen LogP contribution >= 0.6 is 11.8 Å². The van der Waals surface area contributed by atoms with Gasteiger partial charge < -0.3 is 13.8 Å². The third-order valence-electron chi connectivity index (χ3n) is 5.42. The molecule has 2 aromatic carbocycles. The molecule has 8 heteroatoms. The number of rotatable bonds is 9. The molecule has 0 atom stereocenters. The first-order chi connectivity index (χ1) is 16.4. The number of hydrogen-bond donors (Lipinski definition) is 0. The van der Waals surface area contributed by atoms with E-state index < -0.39 is 5.97 Å². The molecule has 2 aromatic heterocycles. The Morgan fingerprint density at radius 3 is 2.47 bits per heavy atom. The maximum Gasteiger partial charge on any atom is 0.339 e. The Labute approximate surface area is 202 Å². The molecule has 0 aliphatic carbocycles. The Balaban J connectivity index is 1.41. The Morgan fingerprint density at radius 2 is 1.74 bits per heavy atom. The molecule has 0 fully saturated rings. The number of nitrogens with zero attached hydrogens (tertiary/aromatic N) is 3. The van der Waals surface area contributed by atoms with Crippen LogP contribution in [-0.4, -0.2) is 33.1 Å². The van der Waals surface area contributed by atoms with E-state index in [4.69, 9.17) is 9.26 Å². The number of carbonyl (C=O) groups excluding carboxylic acids is 2. The fraction of sp³-hybridized carbons (Fsp3) is 0.231. The van der Waals surface area contributed by atoms with Crippen LogP contribution in [0.1, 0.15) is 49.4 Å². The predicted molar refractivity (Wildman–Crippen MR) is 129 cm³/mol. The summed E-state index contributed by atoms with van der Waals surface area (Å²) in [5.74, 6) is 0.692. The zero-order chi connectivity index (χ0) is 24.1. The summed E-state index contributed by atoms with van der Waals surface area (Å²) in [5, 5.41) is 3.77. The number of Topliss-reactive ketones (excluding diaryl/α,β-unsaturated/α-hetero) is 1. The lowest BCUT2D eigenvalue weighted by Gasteiger charge is -2.10. The number of esters is 1. The van der Waals surface area contributed by atoms with Crippen LogP contribution in [0.2, 0.25) is 0 Å². The Bertz CT molecular complexity index is 1310. The van der Waals surface area contributed by atoms with E-state index in [9.17, 15) is 9.59 Å². The second-order valence-electron chi connectivity index (χ2n) is 7.88. The maximum atomic E-state index is 12.9. The van der Waals surface area contributed by atoms with E-state index in [1.807, 2.05) is 50.2 Å². The average molecular weight is 476 g/mol. The number of thioether (sulfide) groups is 1. The molecule has 0 unspecified atom stereocenters. The highest BCUT2D eigenvalue weighted by Gasteiger charge is 2.20. The van der Waals surface area contributed by atoms with Crippen LogP contribution in [0.25, 0.3) is 0 Å². The van der Waals surface area contributed by atoms with Crippen molar-refractivity contribution in [3.63, 3.8) is 0 Å². The van der Waals surface area contributed by atoms with Crippen LogP contribution in [-0.2, 0) is 17.0 Å². The fourth-order valence-corrected chi connectivity index (χ4v) is 4.56. The van der Waals surface area contributed by atoms with Gasteiger partial charge in [-0.2, -0.15) is 4.98 Å². The van der Waals surface area contributed by atoms with E-state index in [-0.39, 0.29) is 12.4 Å². The maximum absolute atomic E-state index is 12.9. The highest BCUT2D eigenvalue weighted by molar-refractivity contribution is 7.98. The van der Waals surface area contributed by atoms with E-state index in [0.717, 1.165) is 21.8 Å². The van der Waals surface area contributed by atoms with Gasteiger partial charge in [0, 0.05) is 28.4 Å². The van der Waals surface area contributed by atoms with Gasteiger partial charge in [-0.1, -0.05) is 47.6 Å². The summed E-state index contributed by atoms with van der Waals surface area (Å²) in [6.45, 7) is 5.98. The molecule has 4 aromatic rings. The molecule has 0 spiro atoms. The van der Waals surface area contributed by atoms with E-state index >= 15 is 0 Å². The molecule has 34 heavy (non-hydrogen) atoms. The van der Waals surface area contributed by atoms with Crippen molar-refractivity contribution in [1.82, 2.24) is 14.7 Å². The summed E-state index contributed by atoms with van der Waals surface area (Å²) in [5.41, 5.74) is 3.95. The highest BCUT2D eigenvalue weighted by Crippen LogP contribution is 2.26. The van der Waals surface area contributed by atoms with Gasteiger partial charge >= 0.3 is 5.97 Å². The summed E-state index contributed by atoms with van der Waals surface area (Å²) in [6.07, 6.45) is 0. The summed E-state index contributed by atoms with van der Waals surface area (Å²) in [4.78, 5) is 30.6. The van der Waals surface area contributed by atoms with Crippen molar-refractivity contribution in [1.29, 1.82) is 0 Å². The lowest BCUT2D eigenvalue weighted by Crippen LogP contribution is -2.15. The van der Waals surface area contributed by atoms with Gasteiger partial charge in [0.2, 0.25) is 11.7 Å². The van der Waals surface area contributed by atoms with Gasteiger partial charge in [-0.25, -0.2) is 4.79 Å². The van der Waals surface area contributed by atoms with Gasteiger partial charge in [-0.05, 0) is 44.5 Å². The second kappa shape index (κ2) is 10.5. The van der Waals surface area contributed by atoms with Crippen molar-refractivity contribution in [2.24, 2.45) is 0 Å². The molecular formula is C26H25N3O4S. The molecule has 174 valence electrons. The fourth-order valence-electron chi connectivity index (χ4n) is 3.68. The minimum Gasteiger partial charge on any atom is -0.454 e. The van der Waals surface area contributed by atoms with Crippen LogP contribution in [0.15, 0.2) is 70.1 Å². The Morgan fingerprint density at radius 1 is 1.00 bits per heavy atom. The topological polar surface area (TPSA) is 87.2 Å². The smallest absolute Gasteiger partial charge is 0.339 e. The number of hydrogen-bond acceptors (Lipinski definition) is 7. The number of aryl methyl sites for hydroxylation is 2. The van der Waals surface area contributed by atoms with Crippen molar-refractivity contribution in [3.05, 3.63) is 100 Å². The zero-order valence-electron chi connectivity index (χ0n) is 19.3. The van der Waals surface area contributed by atoms with Crippen LogP contribution in [0.3, 0.4) is 0 Å². The first kappa shape index (κ1) is 23.5. The third kappa shape index (κ3) is 5.46. The van der Waals surface area contributed by atoms with Gasteiger partial charge in [0.15, 0.2) is 12.4 Å². The van der Waals surface area contributed by atoms with E-state index in [1.54, 1.807) is 19.1 Å². The van der Waals surface area contributed by atoms with Crippen molar-refractivity contribution in [3.8, 4) is 0 Å². The van der Waals surface area contributed by atoms with E-state index in [2.05, 4.69) is 26.8 Å². The zero-order valence-corrected chi connectivity index (χ0v) is 20.1. The second-order valence-corrected chi connectivity index (χ2v) is 8.89. The highest BCUT2D eigenvalue weighted by atomic mass is 32.2. The number of benzene rings is 2. The molecular weight excluding hydrogens is 450 g/mol. The van der Waals surface area contributed by atoms with Crippen molar-refractivity contribution in [2.45, 2.75) is 38.0 Å². The molecule has 0 bridgehead atoms. The number of aromatic nitrogens is 3. The van der Waals surface area contributed by atoms with Crippen LogP contribution in [0.4, 0.5) is 0 Å². The van der Waals surface area contributed by atoms with Gasteiger partial charge in [0.05, 0.1) is 11.3 Å². The van der Waals surface area contributed by atoms with Crippen LogP contribution in [0, 0.1) is 20.8 Å². The molecule has 0 radical (unpaired) electrons. The summed E-state index contributed by atoms with van der Waals surface area (Å²) >= 11 is 1.40. The van der Waals surface area contributed by atoms with E-state index in [1.165, 1.54) is 11.8 Å². The van der Waals surface area contributed by atoms with Gasteiger partial charge in [0.1, 0.15) is 0 Å². The SMILES string of the molecule is Cc1noc(CSc2ccccc2C(=O)OCC(=O)c2cc(C)n(Cc3ccccc3)c2C)n1. The lowest BCUT2D eigenvalue weighted by atomic mass is 10.1. The summed E-state index contributed by atoms with van der Waals surface area (Å²) in [6, 6.07) is 19.0. The third-order valence-corrected chi connectivity index (χ3v) is 6.48. The Hall–Kier alpha value is -3.65.